The first-order chi connectivity index (χ1) is 11.2. The molecule has 1 heterocycles. The van der Waals surface area contributed by atoms with E-state index < -0.39 is 0 Å². The van der Waals surface area contributed by atoms with Gasteiger partial charge in [0.05, 0.1) is 6.61 Å². The minimum absolute atomic E-state index is 0.0204. The van der Waals surface area contributed by atoms with Gasteiger partial charge in [0.1, 0.15) is 5.69 Å². The molecular formula is C18H20N2O3. The Labute approximate surface area is 134 Å². The van der Waals surface area contributed by atoms with Crippen LogP contribution in [0.2, 0.25) is 0 Å². The summed E-state index contributed by atoms with van der Waals surface area (Å²) in [6.07, 6.45) is 0.495. The highest BCUT2D eigenvalue weighted by molar-refractivity contribution is 6.09. The molecule has 1 aromatic heterocycles. The van der Waals surface area contributed by atoms with Gasteiger partial charge in [0.15, 0.2) is 0 Å². The van der Waals surface area contributed by atoms with E-state index in [0.717, 1.165) is 21.7 Å². The maximum absolute atomic E-state index is 12.6. The molecule has 2 aromatic carbocycles. The van der Waals surface area contributed by atoms with Gasteiger partial charge in [-0.25, -0.2) is 0 Å². The Kier molecular flexibility index (Phi) is 4.60. The maximum Gasteiger partial charge on any atom is 0.270 e. The fraction of sp³-hybridized carbons (Fsp3) is 0.278. The van der Waals surface area contributed by atoms with Gasteiger partial charge in [0.2, 0.25) is 0 Å². The summed E-state index contributed by atoms with van der Waals surface area (Å²) in [6, 6.07) is 13.9. The molecule has 0 saturated carbocycles. The molecule has 0 aliphatic carbocycles. The minimum atomic E-state index is -0.159. The Bertz CT molecular complexity index is 825. The van der Waals surface area contributed by atoms with Crippen LogP contribution in [-0.4, -0.2) is 52.3 Å². The molecule has 0 aliphatic rings. The van der Waals surface area contributed by atoms with Crippen LogP contribution in [0.25, 0.3) is 21.7 Å². The number of fused-ring (bicyclic) bond motifs is 3. The van der Waals surface area contributed by atoms with Crippen molar-refractivity contribution in [3.8, 4) is 0 Å². The van der Waals surface area contributed by atoms with Crippen LogP contribution in [-0.2, 0) is 0 Å². The number of nitrogens with one attached hydrogen (secondary N) is 1. The standard InChI is InChI=1S/C18H20N2O3/c21-10-3-8-20(9-11-22)18(23)17-12-15-14-5-2-1-4-13(14)6-7-16(15)19-17/h1-2,4-7,12,19,21-22H,3,8-11H2. The third-order valence-corrected chi connectivity index (χ3v) is 4.00. The zero-order chi connectivity index (χ0) is 16.2. The van der Waals surface area contributed by atoms with Gasteiger partial charge in [-0.3, -0.25) is 4.79 Å². The van der Waals surface area contributed by atoms with E-state index in [1.807, 2.05) is 42.5 Å². The molecule has 1 amide bonds. The molecule has 0 fully saturated rings. The molecule has 5 heteroatoms. The zero-order valence-corrected chi connectivity index (χ0v) is 12.8. The van der Waals surface area contributed by atoms with Crippen molar-refractivity contribution in [3.05, 3.63) is 48.2 Å². The summed E-state index contributed by atoms with van der Waals surface area (Å²) < 4.78 is 0. The van der Waals surface area contributed by atoms with Crippen molar-refractivity contribution in [2.24, 2.45) is 0 Å². The second kappa shape index (κ2) is 6.81. The molecule has 23 heavy (non-hydrogen) atoms. The molecule has 0 bridgehead atoms. The number of nitrogens with zero attached hydrogens (tertiary/aromatic N) is 1. The molecule has 5 nitrogen and oxygen atoms in total. The minimum Gasteiger partial charge on any atom is -0.396 e. The number of aromatic amines is 1. The van der Waals surface area contributed by atoms with Gasteiger partial charge in [-0.15, -0.1) is 0 Å². The number of amides is 1. The molecule has 3 aromatic rings. The largest absolute Gasteiger partial charge is 0.396 e. The average Bonchev–Trinajstić information content (AvgIpc) is 3.02. The Morgan fingerprint density at radius 3 is 2.61 bits per heavy atom. The highest BCUT2D eigenvalue weighted by atomic mass is 16.3. The molecular weight excluding hydrogens is 292 g/mol. The highest BCUT2D eigenvalue weighted by Crippen LogP contribution is 2.26. The first-order valence-corrected chi connectivity index (χ1v) is 7.76. The first-order valence-electron chi connectivity index (χ1n) is 7.76. The number of hydrogen-bond acceptors (Lipinski definition) is 3. The van der Waals surface area contributed by atoms with Crippen LogP contribution in [0.5, 0.6) is 0 Å². The fourth-order valence-corrected chi connectivity index (χ4v) is 2.87. The van der Waals surface area contributed by atoms with Crippen molar-refractivity contribution in [2.75, 3.05) is 26.3 Å². The summed E-state index contributed by atoms with van der Waals surface area (Å²) in [5.41, 5.74) is 1.42. The number of carbonyl (C=O) groups excluding carboxylic acids is 1. The predicted octanol–water partition coefficient (Wildman–Crippen LogP) is 2.14. The lowest BCUT2D eigenvalue weighted by molar-refractivity contribution is 0.0705. The number of hydrogen-bond donors (Lipinski definition) is 3. The lowest BCUT2D eigenvalue weighted by Crippen LogP contribution is -2.35. The van der Waals surface area contributed by atoms with Gasteiger partial charge in [0, 0.05) is 30.6 Å². The van der Waals surface area contributed by atoms with Crippen molar-refractivity contribution in [3.63, 3.8) is 0 Å². The smallest absolute Gasteiger partial charge is 0.270 e. The molecule has 0 spiro atoms. The summed E-state index contributed by atoms with van der Waals surface area (Å²) >= 11 is 0. The van der Waals surface area contributed by atoms with E-state index in [0.29, 0.717) is 18.7 Å². The first kappa shape index (κ1) is 15.5. The third-order valence-electron chi connectivity index (χ3n) is 4.00. The van der Waals surface area contributed by atoms with Crippen molar-refractivity contribution in [2.45, 2.75) is 6.42 Å². The lowest BCUT2D eigenvalue weighted by Gasteiger charge is -2.20. The van der Waals surface area contributed by atoms with Gasteiger partial charge >= 0.3 is 0 Å². The normalized spacial score (nSPS) is 11.2. The van der Waals surface area contributed by atoms with Gasteiger partial charge in [-0.1, -0.05) is 30.3 Å². The van der Waals surface area contributed by atoms with Crippen LogP contribution < -0.4 is 0 Å². The summed E-state index contributed by atoms with van der Waals surface area (Å²) in [4.78, 5) is 17.4. The van der Waals surface area contributed by atoms with E-state index in [1.54, 1.807) is 4.90 Å². The van der Waals surface area contributed by atoms with Crippen LogP contribution in [0.4, 0.5) is 0 Å². The van der Waals surface area contributed by atoms with Crippen LogP contribution in [0.3, 0.4) is 0 Å². The van der Waals surface area contributed by atoms with Crippen molar-refractivity contribution in [1.82, 2.24) is 9.88 Å². The van der Waals surface area contributed by atoms with Crippen LogP contribution in [0.1, 0.15) is 16.9 Å². The number of benzene rings is 2. The number of aliphatic hydroxyl groups excluding tert-OH is 2. The molecule has 0 unspecified atom stereocenters. The fourth-order valence-electron chi connectivity index (χ4n) is 2.87. The van der Waals surface area contributed by atoms with Crippen molar-refractivity contribution >= 4 is 27.6 Å². The van der Waals surface area contributed by atoms with E-state index in [4.69, 9.17) is 10.2 Å². The van der Waals surface area contributed by atoms with E-state index in [1.165, 1.54) is 0 Å². The van der Waals surface area contributed by atoms with Gasteiger partial charge in [-0.2, -0.15) is 0 Å². The summed E-state index contributed by atoms with van der Waals surface area (Å²) in [5, 5.41) is 21.3. The quantitative estimate of drug-likeness (QED) is 0.652. The van der Waals surface area contributed by atoms with E-state index in [9.17, 15) is 4.79 Å². The van der Waals surface area contributed by atoms with Gasteiger partial charge < -0.3 is 20.1 Å². The summed E-state index contributed by atoms with van der Waals surface area (Å²) in [5.74, 6) is -0.159. The second-order valence-corrected chi connectivity index (χ2v) is 5.52. The Hall–Kier alpha value is -2.37. The molecule has 0 atom stereocenters. The van der Waals surface area contributed by atoms with Crippen LogP contribution in [0, 0.1) is 0 Å². The summed E-state index contributed by atoms with van der Waals surface area (Å²) in [6.45, 7) is 0.605. The van der Waals surface area contributed by atoms with Gasteiger partial charge in [0.25, 0.3) is 5.91 Å². The van der Waals surface area contributed by atoms with E-state index in [2.05, 4.69) is 4.98 Å². The molecule has 3 N–H and O–H groups in total. The molecule has 0 saturated heterocycles. The monoisotopic (exact) mass is 312 g/mol. The van der Waals surface area contributed by atoms with Gasteiger partial charge in [-0.05, 0) is 29.3 Å². The number of aliphatic hydroxyl groups is 2. The Morgan fingerprint density at radius 2 is 1.83 bits per heavy atom. The Balaban J connectivity index is 1.98. The molecule has 120 valence electrons. The predicted molar refractivity (Wildman–Crippen MR) is 90.5 cm³/mol. The van der Waals surface area contributed by atoms with Crippen LogP contribution in [0.15, 0.2) is 42.5 Å². The number of H-pyrrole nitrogens is 1. The average molecular weight is 312 g/mol. The molecule has 0 radical (unpaired) electrons. The number of carbonyl (C=O) groups is 1. The summed E-state index contributed by atoms with van der Waals surface area (Å²) in [7, 11) is 0. The zero-order valence-electron chi connectivity index (χ0n) is 12.8. The number of aromatic nitrogens is 1. The molecule has 3 rings (SSSR count). The molecule has 0 aliphatic heterocycles. The van der Waals surface area contributed by atoms with Crippen molar-refractivity contribution < 1.29 is 15.0 Å². The second-order valence-electron chi connectivity index (χ2n) is 5.52. The van der Waals surface area contributed by atoms with E-state index in [-0.39, 0.29) is 25.7 Å². The number of rotatable bonds is 6. The van der Waals surface area contributed by atoms with Crippen LogP contribution >= 0.6 is 0 Å². The maximum atomic E-state index is 12.6. The SMILES string of the molecule is O=C(c1cc2c(ccc3ccccc32)[nH]1)N(CCO)CCCO. The topological polar surface area (TPSA) is 76.6 Å². The van der Waals surface area contributed by atoms with E-state index >= 15 is 0 Å². The highest BCUT2D eigenvalue weighted by Gasteiger charge is 2.17. The Morgan fingerprint density at radius 1 is 1.00 bits per heavy atom. The lowest BCUT2D eigenvalue weighted by atomic mass is 10.1. The third kappa shape index (κ3) is 3.06. The van der Waals surface area contributed by atoms with Crippen molar-refractivity contribution in [1.29, 1.82) is 0 Å².